The van der Waals surface area contributed by atoms with Crippen LogP contribution in [0.1, 0.15) is 94.6 Å². The molecule has 548 valence electrons. The highest BCUT2D eigenvalue weighted by Crippen LogP contribution is 2.26. The lowest BCUT2D eigenvalue weighted by Gasteiger charge is -2.31. The molecule has 0 aliphatic carbocycles. The second kappa shape index (κ2) is 42.2. The van der Waals surface area contributed by atoms with E-state index in [1.807, 2.05) is 36.4 Å². The van der Waals surface area contributed by atoms with Crippen molar-refractivity contribution in [2.24, 2.45) is 77.3 Å². The van der Waals surface area contributed by atoms with Crippen molar-refractivity contribution in [2.45, 2.75) is 157 Å². The monoisotopic (exact) mass is 1430 g/mol. The molecule has 100 heavy (non-hydrogen) atoms. The zero-order valence-corrected chi connectivity index (χ0v) is 57.3. The number of rotatable bonds is 33. The van der Waals surface area contributed by atoms with E-state index in [2.05, 4.69) is 62.5 Å². The number of unbranched alkanes of at least 4 members (excludes halogenated alkanes) is 1. The van der Waals surface area contributed by atoms with Gasteiger partial charge in [-0.25, -0.2) is 4.79 Å². The summed E-state index contributed by atoms with van der Waals surface area (Å²) in [5, 5.41) is 43.9. The molecule has 9 amide bonds. The molecule has 5 rings (SSSR count). The molecule has 0 aromatic heterocycles. The van der Waals surface area contributed by atoms with Gasteiger partial charge in [0.1, 0.15) is 60.1 Å². The third-order valence-corrected chi connectivity index (χ3v) is 18.6. The van der Waals surface area contributed by atoms with Crippen LogP contribution in [-0.2, 0) is 60.8 Å². The van der Waals surface area contributed by atoms with Gasteiger partial charge in [0.2, 0.25) is 53.2 Å². The number of nitrogens with one attached hydrogen (secondary N) is 8. The summed E-state index contributed by atoms with van der Waals surface area (Å²) in [6.07, 6.45) is 1.11. The minimum absolute atomic E-state index is 0.0103. The third-order valence-electron chi connectivity index (χ3n) is 16.1. The summed E-state index contributed by atoms with van der Waals surface area (Å²) in [5.41, 5.74) is 57.8. The summed E-state index contributed by atoms with van der Waals surface area (Å²) in [6.45, 7) is 0.409. The van der Waals surface area contributed by atoms with E-state index >= 15 is 9.59 Å². The summed E-state index contributed by atoms with van der Waals surface area (Å²) in [4.78, 5) is 163. The topological polar surface area (TPSA) is 620 Å². The number of nitrogens with two attached hydrogens (primary N) is 10. The van der Waals surface area contributed by atoms with Crippen LogP contribution in [0.5, 0.6) is 5.75 Å². The van der Waals surface area contributed by atoms with Crippen molar-refractivity contribution in [3.63, 3.8) is 0 Å². The number of carbonyl (C=O) groups excluding carboxylic acids is 9. The molecule has 30 N–H and O–H groups in total. The highest BCUT2D eigenvalue weighted by atomic mass is 33.1. The number of fused-ring (bicyclic) bond motifs is 2. The van der Waals surface area contributed by atoms with E-state index in [0.717, 1.165) is 32.4 Å². The first kappa shape index (κ1) is 80.8. The SMILES string of the molecule is NCCCC[C@H]1NC(=O)[C@H](CCCN=C(N)N)NC(=O)[C@@H](NC(=O)[C@H](CCCN=C(N)N)NC(=O)[C@@H](Cc2ccc3ccccc3c2)NC(=O)[C@@H](N)CCCN=C(N)N)CSSC[C@@H](C(=O)N[C@@H](CCCN=C(N)N)C(=O)O)NC(=O)[C@H](Cc2ccc(O)cc2)NC(=O)[C@@H]2CCCN2C1=O. The molecule has 35 nitrogen and oxygen atoms in total. The number of hydrogen-bond acceptors (Lipinski definition) is 19. The van der Waals surface area contributed by atoms with Gasteiger partial charge in [0.15, 0.2) is 23.8 Å². The summed E-state index contributed by atoms with van der Waals surface area (Å²) in [7, 11) is 1.80. The Bertz CT molecular complexity index is 3390. The Labute approximate surface area is 586 Å². The average molecular weight is 1430 g/mol. The van der Waals surface area contributed by atoms with E-state index in [4.69, 9.17) is 57.3 Å². The number of benzene rings is 3. The van der Waals surface area contributed by atoms with Crippen LogP contribution in [0.25, 0.3) is 10.8 Å². The van der Waals surface area contributed by atoms with Crippen molar-refractivity contribution in [3.05, 3.63) is 77.9 Å². The summed E-state index contributed by atoms with van der Waals surface area (Å²) < 4.78 is 0. The Balaban J connectivity index is 1.61. The number of nitrogens with zero attached hydrogens (tertiary/aromatic N) is 5. The molecule has 0 spiro atoms. The second-order valence-corrected chi connectivity index (χ2v) is 26.6. The maximum absolute atomic E-state index is 15.2. The maximum atomic E-state index is 15.2. The maximum Gasteiger partial charge on any atom is 0.326 e. The third kappa shape index (κ3) is 28.2. The molecule has 2 aliphatic rings. The Kier molecular flexibility index (Phi) is 34.1. The lowest BCUT2D eigenvalue weighted by atomic mass is 10.00. The molecule has 0 bridgehead atoms. The van der Waals surface area contributed by atoms with Gasteiger partial charge < -0.3 is 115 Å². The number of carboxylic acids is 1. The zero-order valence-electron chi connectivity index (χ0n) is 55.7. The number of guanidine groups is 4. The van der Waals surface area contributed by atoms with Gasteiger partial charge >= 0.3 is 5.97 Å². The highest BCUT2D eigenvalue weighted by Gasteiger charge is 2.41. The van der Waals surface area contributed by atoms with Gasteiger partial charge in [0.05, 0.1) is 6.04 Å². The molecule has 2 aliphatic heterocycles. The van der Waals surface area contributed by atoms with Crippen molar-refractivity contribution >= 4 is 115 Å². The standard InChI is InChI=1S/C63H97N23O12S2/c64-24-4-3-13-43-58(96)86-29-9-17-49(86)57(95)83-45(31-35-19-22-39(87)23-20-35)54(92)85-48(56(94)81-44(59(97)98)16-8-28-77-63(72)73)34-100-99-33-47(55(93)79-41(51(89)80-43)14-6-26-75-61(68)69)84-52(90)42(15-7-27-76-62(70)71)78-53(91)46(82-50(88)40(65)12-5-25-74-60(66)67)32-36-18-21-37-10-1-2-11-38(37)30-36/h1-2,10-11,18-23,30,40-49,87H,3-9,12-17,24-29,31-34,64-65H2,(H,78,91)(H,79,93)(H,80,89)(H,81,94)(H,82,88)(H,83,95)(H,84,90)(H,85,92)(H,97,98)(H4,66,67,74)(H4,68,69,75)(H4,70,71,76)(H4,72,73,77)/t40-,41-,42-,43+,44-,45-,46+,47-,48-,49-/m0/s1. The van der Waals surface area contributed by atoms with Crippen LogP contribution in [-0.4, -0.2) is 209 Å². The first-order valence-electron chi connectivity index (χ1n) is 32.9. The van der Waals surface area contributed by atoms with Crippen LogP contribution < -0.4 is 99.9 Å². The number of aliphatic carboxylic acids is 1. The van der Waals surface area contributed by atoms with Gasteiger partial charge in [-0.15, -0.1) is 0 Å². The Morgan fingerprint density at radius 1 is 0.570 bits per heavy atom. The average Bonchev–Trinajstić information content (AvgIpc) is 1.61. The molecule has 2 saturated heterocycles. The molecule has 37 heteroatoms. The molecule has 0 radical (unpaired) electrons. The second-order valence-electron chi connectivity index (χ2n) is 24.0. The number of aromatic hydroxyl groups is 1. The number of phenols is 1. The van der Waals surface area contributed by atoms with Crippen molar-refractivity contribution in [2.75, 3.05) is 50.8 Å². The molecule has 0 saturated carbocycles. The Hall–Kier alpha value is -9.88. The Morgan fingerprint density at radius 3 is 1.75 bits per heavy atom. The summed E-state index contributed by atoms with van der Waals surface area (Å²) in [5.74, 6) is -10.9. The molecule has 3 aromatic carbocycles. The number of aliphatic imine (C=N–C) groups is 4. The van der Waals surface area contributed by atoms with Gasteiger partial charge in [0, 0.05) is 57.1 Å². The highest BCUT2D eigenvalue weighted by molar-refractivity contribution is 8.76. The van der Waals surface area contributed by atoms with Crippen molar-refractivity contribution in [1.82, 2.24) is 47.4 Å². The minimum atomic E-state index is -1.63. The summed E-state index contributed by atoms with van der Waals surface area (Å²) >= 11 is 0. The molecular formula is C63H97N23O12S2. The lowest BCUT2D eigenvalue weighted by molar-refractivity contribution is -0.143. The predicted molar refractivity (Wildman–Crippen MR) is 383 cm³/mol. The molecule has 10 atom stereocenters. The quantitative estimate of drug-likeness (QED) is 0.0118. The number of carboxylic acid groups (broad SMARTS) is 1. The van der Waals surface area contributed by atoms with Gasteiger partial charge in [-0.3, -0.25) is 63.1 Å². The molecule has 0 unspecified atom stereocenters. The van der Waals surface area contributed by atoms with E-state index in [0.29, 0.717) is 36.8 Å². The van der Waals surface area contributed by atoms with Gasteiger partial charge in [-0.05, 0) is 124 Å². The van der Waals surface area contributed by atoms with E-state index in [1.165, 1.54) is 29.2 Å². The van der Waals surface area contributed by atoms with Crippen LogP contribution in [0.3, 0.4) is 0 Å². The van der Waals surface area contributed by atoms with E-state index in [-0.39, 0.29) is 151 Å². The fraction of sp³-hybridized carbons (Fsp3) is 0.524. The van der Waals surface area contributed by atoms with Gasteiger partial charge in [-0.1, -0.05) is 76.2 Å². The fourth-order valence-corrected chi connectivity index (χ4v) is 13.2. The number of hydrogen-bond donors (Lipinski definition) is 20. The van der Waals surface area contributed by atoms with E-state index in [9.17, 15) is 48.6 Å². The fourth-order valence-electron chi connectivity index (χ4n) is 10.9. The lowest BCUT2D eigenvalue weighted by Crippen LogP contribution is -2.61. The van der Waals surface area contributed by atoms with Crippen molar-refractivity contribution < 1.29 is 58.2 Å². The first-order valence-corrected chi connectivity index (χ1v) is 35.4. The molecule has 3 aromatic rings. The van der Waals surface area contributed by atoms with Gasteiger partial charge in [-0.2, -0.15) is 0 Å². The van der Waals surface area contributed by atoms with Crippen LogP contribution in [0.2, 0.25) is 0 Å². The van der Waals surface area contributed by atoms with Crippen LogP contribution >= 0.6 is 21.6 Å². The number of amides is 9. The normalized spacial score (nSPS) is 19.8. The van der Waals surface area contributed by atoms with Crippen molar-refractivity contribution in [3.8, 4) is 5.75 Å². The number of phenolic OH excluding ortho intramolecular Hbond substituents is 1. The van der Waals surface area contributed by atoms with Gasteiger partial charge in [0.25, 0.3) is 0 Å². The van der Waals surface area contributed by atoms with Crippen LogP contribution in [0.15, 0.2) is 86.7 Å². The van der Waals surface area contributed by atoms with Crippen LogP contribution in [0, 0.1) is 0 Å². The predicted octanol–water partition coefficient (Wildman–Crippen LogP) is -4.65. The van der Waals surface area contributed by atoms with E-state index in [1.54, 1.807) is 6.07 Å². The minimum Gasteiger partial charge on any atom is -0.508 e. The number of carbonyl (C=O) groups is 10. The van der Waals surface area contributed by atoms with Crippen molar-refractivity contribution in [1.29, 1.82) is 0 Å². The molecular weight excluding hydrogens is 1330 g/mol. The smallest absolute Gasteiger partial charge is 0.326 e. The molecule has 2 fully saturated rings. The zero-order chi connectivity index (χ0) is 73.3. The first-order chi connectivity index (χ1) is 47.7. The van der Waals surface area contributed by atoms with E-state index < -0.39 is 120 Å². The Morgan fingerprint density at radius 2 is 1.12 bits per heavy atom. The van der Waals surface area contributed by atoms with Crippen LogP contribution in [0.4, 0.5) is 0 Å². The molecule has 2 heterocycles. The largest absolute Gasteiger partial charge is 0.508 e. The summed E-state index contributed by atoms with van der Waals surface area (Å²) in [6, 6.07) is 4.47.